The van der Waals surface area contributed by atoms with Gasteiger partial charge >= 0.3 is 6.18 Å². The van der Waals surface area contributed by atoms with Gasteiger partial charge in [-0.05, 0) is 55.5 Å². The monoisotopic (exact) mass is 433 g/mol. The quantitative estimate of drug-likeness (QED) is 0.456. The normalized spacial score (nSPS) is 14.0. The lowest BCUT2D eigenvalue weighted by molar-refractivity contribution is -0.137. The van der Waals surface area contributed by atoms with Gasteiger partial charge in [-0.1, -0.05) is 6.07 Å². The summed E-state index contributed by atoms with van der Waals surface area (Å²) in [6.07, 6.45) is -3.79. The lowest BCUT2D eigenvalue weighted by Gasteiger charge is -2.26. The molecule has 0 N–H and O–H groups in total. The summed E-state index contributed by atoms with van der Waals surface area (Å²) in [6.45, 7) is 3.99. The molecule has 1 amide bonds. The van der Waals surface area contributed by atoms with Crippen molar-refractivity contribution in [2.45, 2.75) is 33.0 Å². The lowest BCUT2D eigenvalue weighted by Crippen LogP contribution is -2.40. The number of alkyl halides is 3. The molecular formula is C21H18F3N3O2S. The molecule has 2 aromatic heterocycles. The SMILES string of the molecule is Cc1nn(-c2cccc(C(F)(F)F)c2)c(C)c1C(=O)C(=O)N1CCc2sccc2C1. The number of aromatic nitrogens is 2. The third-order valence-corrected chi connectivity index (χ3v) is 6.25. The number of aryl methyl sites for hydroxylation is 1. The van der Waals surface area contributed by atoms with E-state index in [-0.39, 0.29) is 11.3 Å². The summed E-state index contributed by atoms with van der Waals surface area (Å²) in [7, 11) is 0. The van der Waals surface area contributed by atoms with Crippen LogP contribution in [0, 0.1) is 13.8 Å². The molecule has 3 aromatic rings. The van der Waals surface area contributed by atoms with Gasteiger partial charge in [0.05, 0.1) is 28.2 Å². The van der Waals surface area contributed by atoms with Gasteiger partial charge in [-0.2, -0.15) is 18.3 Å². The second kappa shape index (κ2) is 7.39. The first-order valence-corrected chi connectivity index (χ1v) is 10.2. The minimum Gasteiger partial charge on any atom is -0.331 e. The largest absolute Gasteiger partial charge is 0.416 e. The fourth-order valence-corrected chi connectivity index (χ4v) is 4.60. The standard InChI is InChI=1S/C21H18F3N3O2S/c1-12-18(19(28)20(29)26-8-6-17-14(11-26)7-9-30-17)13(2)27(25-12)16-5-3-4-15(10-16)21(22,23)24/h3-5,7,9-10H,6,8,11H2,1-2H3. The second-order valence-electron chi connectivity index (χ2n) is 7.18. The van der Waals surface area contributed by atoms with Crippen LogP contribution in [-0.4, -0.2) is 32.9 Å². The zero-order chi connectivity index (χ0) is 21.6. The lowest BCUT2D eigenvalue weighted by atomic mass is 10.1. The zero-order valence-electron chi connectivity index (χ0n) is 16.3. The van der Waals surface area contributed by atoms with Gasteiger partial charge in [0.2, 0.25) is 0 Å². The van der Waals surface area contributed by atoms with Crippen LogP contribution < -0.4 is 0 Å². The smallest absolute Gasteiger partial charge is 0.331 e. The number of fused-ring (bicyclic) bond motifs is 1. The molecule has 0 fully saturated rings. The molecule has 0 saturated carbocycles. The molecule has 4 rings (SSSR count). The van der Waals surface area contributed by atoms with Crippen LogP contribution in [0.1, 0.15) is 37.7 Å². The number of nitrogens with zero attached hydrogens (tertiary/aromatic N) is 3. The minimum absolute atomic E-state index is 0.133. The Kier molecular flexibility index (Phi) is 5.01. The molecule has 156 valence electrons. The molecule has 5 nitrogen and oxygen atoms in total. The summed E-state index contributed by atoms with van der Waals surface area (Å²) in [5.41, 5.74) is 1.18. The number of rotatable bonds is 3. The Bertz CT molecular complexity index is 1150. The highest BCUT2D eigenvalue weighted by molar-refractivity contribution is 7.10. The van der Waals surface area contributed by atoms with Gasteiger partial charge in [0, 0.05) is 18.0 Å². The van der Waals surface area contributed by atoms with E-state index in [1.807, 2.05) is 11.4 Å². The highest BCUT2D eigenvalue weighted by atomic mass is 32.1. The van der Waals surface area contributed by atoms with Gasteiger partial charge in [0.1, 0.15) is 0 Å². The van der Waals surface area contributed by atoms with Crippen LogP contribution in [0.3, 0.4) is 0 Å². The Hall–Kier alpha value is -2.94. The number of halogens is 3. The summed E-state index contributed by atoms with van der Waals surface area (Å²) in [5, 5.41) is 6.21. The van der Waals surface area contributed by atoms with E-state index in [1.165, 1.54) is 26.6 Å². The number of hydrogen-bond donors (Lipinski definition) is 0. The van der Waals surface area contributed by atoms with Crippen LogP contribution in [-0.2, 0) is 23.9 Å². The topological polar surface area (TPSA) is 55.2 Å². The first kappa shape index (κ1) is 20.3. The van der Waals surface area contributed by atoms with Crippen LogP contribution in [0.5, 0.6) is 0 Å². The van der Waals surface area contributed by atoms with Crippen molar-refractivity contribution in [3.8, 4) is 5.69 Å². The molecule has 1 aliphatic heterocycles. The Labute approximate surface area is 174 Å². The van der Waals surface area contributed by atoms with Crippen LogP contribution in [0.2, 0.25) is 0 Å². The number of benzene rings is 1. The van der Waals surface area contributed by atoms with Gasteiger partial charge in [0.25, 0.3) is 11.7 Å². The van der Waals surface area contributed by atoms with Gasteiger partial charge < -0.3 is 4.90 Å². The summed E-state index contributed by atoms with van der Waals surface area (Å²) in [4.78, 5) is 28.6. The van der Waals surface area contributed by atoms with Crippen LogP contribution in [0.4, 0.5) is 13.2 Å². The molecular weight excluding hydrogens is 415 g/mol. The first-order chi connectivity index (χ1) is 14.2. The van der Waals surface area contributed by atoms with E-state index >= 15 is 0 Å². The van der Waals surface area contributed by atoms with Crippen LogP contribution >= 0.6 is 11.3 Å². The Balaban J connectivity index is 1.64. The maximum atomic E-state index is 13.1. The average Bonchev–Trinajstić information content (AvgIpc) is 3.29. The van der Waals surface area contributed by atoms with Crippen LogP contribution in [0.25, 0.3) is 5.69 Å². The van der Waals surface area contributed by atoms with Crippen molar-refractivity contribution < 1.29 is 22.8 Å². The van der Waals surface area contributed by atoms with E-state index in [0.29, 0.717) is 30.9 Å². The number of thiophene rings is 1. The fourth-order valence-electron chi connectivity index (χ4n) is 3.71. The van der Waals surface area contributed by atoms with E-state index in [9.17, 15) is 22.8 Å². The van der Waals surface area contributed by atoms with E-state index in [4.69, 9.17) is 0 Å². The van der Waals surface area contributed by atoms with Gasteiger partial charge in [0.15, 0.2) is 0 Å². The molecule has 9 heteroatoms. The average molecular weight is 433 g/mol. The van der Waals surface area contributed by atoms with E-state index in [0.717, 1.165) is 17.7 Å². The van der Waals surface area contributed by atoms with Gasteiger partial charge in [-0.25, -0.2) is 4.68 Å². The maximum absolute atomic E-state index is 13.1. The number of amides is 1. The molecule has 0 aliphatic carbocycles. The van der Waals surface area contributed by atoms with Crippen molar-refractivity contribution >= 4 is 23.0 Å². The third-order valence-electron chi connectivity index (χ3n) is 5.23. The summed E-state index contributed by atoms with van der Waals surface area (Å²) in [6, 6.07) is 6.66. The van der Waals surface area contributed by atoms with E-state index < -0.39 is 23.4 Å². The zero-order valence-corrected chi connectivity index (χ0v) is 17.1. The molecule has 0 radical (unpaired) electrons. The molecule has 0 unspecified atom stereocenters. The predicted molar refractivity (Wildman–Crippen MR) is 106 cm³/mol. The molecule has 0 atom stereocenters. The highest BCUT2D eigenvalue weighted by Gasteiger charge is 2.33. The number of Topliss-reactive ketones (excluding diaryl/α,β-unsaturated/α-hetero) is 1. The van der Waals surface area contributed by atoms with Crippen molar-refractivity contribution in [3.63, 3.8) is 0 Å². The van der Waals surface area contributed by atoms with E-state index in [2.05, 4.69) is 5.10 Å². The summed E-state index contributed by atoms with van der Waals surface area (Å²) >= 11 is 1.64. The van der Waals surface area contributed by atoms with Crippen LogP contribution in [0.15, 0.2) is 35.7 Å². The van der Waals surface area contributed by atoms with Crippen molar-refractivity contribution in [1.82, 2.24) is 14.7 Å². The van der Waals surface area contributed by atoms with Crippen molar-refractivity contribution in [2.24, 2.45) is 0 Å². The molecule has 1 aromatic carbocycles. The van der Waals surface area contributed by atoms with Crippen molar-refractivity contribution in [2.75, 3.05) is 6.54 Å². The Morgan fingerprint density at radius 3 is 2.67 bits per heavy atom. The molecule has 0 spiro atoms. The number of carbonyl (C=O) groups excluding carboxylic acids is 2. The Morgan fingerprint density at radius 1 is 1.17 bits per heavy atom. The summed E-state index contributed by atoms with van der Waals surface area (Å²) < 4.78 is 40.4. The molecule has 30 heavy (non-hydrogen) atoms. The van der Waals surface area contributed by atoms with Crippen molar-refractivity contribution in [3.05, 3.63) is 68.7 Å². The molecule has 0 bridgehead atoms. The van der Waals surface area contributed by atoms with Gasteiger partial charge in [-0.3, -0.25) is 9.59 Å². The second-order valence-corrected chi connectivity index (χ2v) is 8.18. The fraction of sp³-hybridized carbons (Fsp3) is 0.286. The predicted octanol–water partition coefficient (Wildman–Crippen LogP) is 4.34. The molecule has 1 aliphatic rings. The first-order valence-electron chi connectivity index (χ1n) is 9.29. The number of carbonyl (C=O) groups is 2. The van der Waals surface area contributed by atoms with E-state index in [1.54, 1.807) is 25.2 Å². The maximum Gasteiger partial charge on any atom is 0.416 e. The number of ketones is 1. The minimum atomic E-state index is -4.49. The van der Waals surface area contributed by atoms with Crippen molar-refractivity contribution in [1.29, 1.82) is 0 Å². The summed E-state index contributed by atoms with van der Waals surface area (Å²) in [5.74, 6) is -1.32. The Morgan fingerprint density at radius 2 is 1.93 bits per heavy atom. The molecule has 0 saturated heterocycles. The van der Waals surface area contributed by atoms with Gasteiger partial charge in [-0.15, -0.1) is 11.3 Å². The number of hydrogen-bond acceptors (Lipinski definition) is 4. The third kappa shape index (κ3) is 3.54. The molecule has 3 heterocycles. The highest BCUT2D eigenvalue weighted by Crippen LogP contribution is 2.31.